The first-order chi connectivity index (χ1) is 8.36. The van der Waals surface area contributed by atoms with Gasteiger partial charge in [0.15, 0.2) is 0 Å². The number of hydrogen-bond donors (Lipinski definition) is 1. The van der Waals surface area contributed by atoms with Crippen LogP contribution in [-0.2, 0) is 0 Å². The Labute approximate surface area is 107 Å². The first-order valence-corrected chi connectivity index (χ1v) is 7.46. The van der Waals surface area contributed by atoms with Crippen LogP contribution in [0.5, 0.6) is 0 Å². The lowest BCUT2D eigenvalue weighted by molar-refractivity contribution is 0.309. The van der Waals surface area contributed by atoms with E-state index in [2.05, 4.69) is 29.6 Å². The molecule has 0 aliphatic heterocycles. The van der Waals surface area contributed by atoms with Gasteiger partial charge >= 0.3 is 0 Å². The van der Waals surface area contributed by atoms with Crippen molar-refractivity contribution in [1.29, 1.82) is 0 Å². The molecule has 1 aromatic heterocycles. The van der Waals surface area contributed by atoms with Crippen LogP contribution in [-0.4, -0.2) is 0 Å². The van der Waals surface area contributed by atoms with Crippen LogP contribution in [0.3, 0.4) is 0 Å². The van der Waals surface area contributed by atoms with Crippen LogP contribution >= 0.6 is 11.3 Å². The lowest BCUT2D eigenvalue weighted by Gasteiger charge is -2.27. The van der Waals surface area contributed by atoms with Gasteiger partial charge in [0, 0.05) is 10.7 Å². The zero-order valence-corrected chi connectivity index (χ0v) is 10.9. The second kappa shape index (κ2) is 4.79. The molecule has 0 radical (unpaired) electrons. The van der Waals surface area contributed by atoms with E-state index in [1.54, 1.807) is 0 Å². The van der Waals surface area contributed by atoms with E-state index in [1.807, 2.05) is 11.3 Å². The van der Waals surface area contributed by atoms with E-state index in [9.17, 15) is 0 Å². The summed E-state index contributed by atoms with van der Waals surface area (Å²) in [6.45, 7) is 0. The third-order valence-electron chi connectivity index (χ3n) is 4.03. The van der Waals surface area contributed by atoms with E-state index in [0.29, 0.717) is 5.92 Å². The maximum absolute atomic E-state index is 6.49. The van der Waals surface area contributed by atoms with Gasteiger partial charge in [-0.15, -0.1) is 11.3 Å². The smallest absolute Gasteiger partial charge is 0.0346 e. The van der Waals surface area contributed by atoms with Gasteiger partial charge in [0.25, 0.3) is 0 Å². The molecule has 3 rings (SSSR count). The number of nitrogens with two attached hydrogens (primary N) is 1. The van der Waals surface area contributed by atoms with Gasteiger partial charge in [0.05, 0.1) is 0 Å². The van der Waals surface area contributed by atoms with Crippen LogP contribution in [0.2, 0.25) is 0 Å². The Kier molecular flexibility index (Phi) is 3.17. The Morgan fingerprint density at radius 1 is 1.12 bits per heavy atom. The summed E-state index contributed by atoms with van der Waals surface area (Å²) in [6, 6.07) is 8.87. The van der Waals surface area contributed by atoms with Crippen LogP contribution in [0, 0.1) is 5.92 Å². The number of benzene rings is 1. The molecule has 1 heterocycles. The van der Waals surface area contributed by atoms with Crippen molar-refractivity contribution < 1.29 is 0 Å². The van der Waals surface area contributed by atoms with Crippen molar-refractivity contribution >= 4 is 21.4 Å². The van der Waals surface area contributed by atoms with Crippen LogP contribution < -0.4 is 5.73 Å². The first kappa shape index (κ1) is 11.2. The number of hydrogen-bond acceptors (Lipinski definition) is 2. The fourth-order valence-corrected chi connectivity index (χ4v) is 4.01. The van der Waals surface area contributed by atoms with Gasteiger partial charge in [0.1, 0.15) is 0 Å². The highest BCUT2D eigenvalue weighted by Crippen LogP contribution is 2.37. The van der Waals surface area contributed by atoms with Crippen LogP contribution in [0.25, 0.3) is 10.1 Å². The summed E-state index contributed by atoms with van der Waals surface area (Å²) in [5.41, 5.74) is 7.86. The SMILES string of the molecule is N[C@@H](c1csc2ccccc12)C1CCCCC1. The number of thiophene rings is 1. The van der Waals surface area contributed by atoms with E-state index in [-0.39, 0.29) is 6.04 Å². The van der Waals surface area contributed by atoms with Crippen molar-refractivity contribution in [3.63, 3.8) is 0 Å². The molecule has 2 aromatic rings. The Morgan fingerprint density at radius 2 is 1.88 bits per heavy atom. The number of fused-ring (bicyclic) bond motifs is 1. The molecule has 1 atom stereocenters. The minimum absolute atomic E-state index is 0.242. The molecule has 2 N–H and O–H groups in total. The van der Waals surface area contributed by atoms with E-state index >= 15 is 0 Å². The predicted molar refractivity (Wildman–Crippen MR) is 75.3 cm³/mol. The Morgan fingerprint density at radius 3 is 2.71 bits per heavy atom. The van der Waals surface area contributed by atoms with E-state index in [1.165, 1.54) is 47.8 Å². The Hall–Kier alpha value is -0.860. The van der Waals surface area contributed by atoms with E-state index in [4.69, 9.17) is 5.73 Å². The molecule has 0 bridgehead atoms. The summed E-state index contributed by atoms with van der Waals surface area (Å²) in [6.07, 6.45) is 6.74. The Balaban J connectivity index is 1.92. The second-order valence-corrected chi connectivity index (χ2v) is 6.02. The Bertz CT molecular complexity index is 496. The first-order valence-electron chi connectivity index (χ1n) is 6.58. The molecule has 90 valence electrons. The summed E-state index contributed by atoms with van der Waals surface area (Å²) in [5, 5.41) is 3.64. The standard InChI is InChI=1S/C15H19NS/c16-15(11-6-2-1-3-7-11)13-10-17-14-9-5-4-8-12(13)14/h4-5,8-11,15H,1-3,6-7,16H2/t15-/m1/s1. The fraction of sp³-hybridized carbons (Fsp3) is 0.467. The van der Waals surface area contributed by atoms with Gasteiger partial charge in [-0.2, -0.15) is 0 Å². The predicted octanol–water partition coefficient (Wildman–Crippen LogP) is 4.48. The monoisotopic (exact) mass is 245 g/mol. The summed E-state index contributed by atoms with van der Waals surface area (Å²) < 4.78 is 1.37. The van der Waals surface area contributed by atoms with E-state index in [0.717, 1.165) is 0 Å². The summed E-state index contributed by atoms with van der Waals surface area (Å²) in [4.78, 5) is 0. The third kappa shape index (κ3) is 2.12. The topological polar surface area (TPSA) is 26.0 Å². The molecular weight excluding hydrogens is 226 g/mol. The largest absolute Gasteiger partial charge is 0.324 e. The van der Waals surface area contributed by atoms with Crippen molar-refractivity contribution in [2.45, 2.75) is 38.1 Å². The van der Waals surface area contributed by atoms with Gasteiger partial charge in [-0.3, -0.25) is 0 Å². The molecule has 1 aliphatic rings. The van der Waals surface area contributed by atoms with Gasteiger partial charge in [-0.1, -0.05) is 37.5 Å². The lowest BCUT2D eigenvalue weighted by atomic mass is 9.81. The minimum Gasteiger partial charge on any atom is -0.324 e. The van der Waals surface area contributed by atoms with Crippen molar-refractivity contribution in [1.82, 2.24) is 0 Å². The summed E-state index contributed by atoms with van der Waals surface area (Å²) in [5.74, 6) is 0.696. The van der Waals surface area contributed by atoms with Crippen molar-refractivity contribution in [2.75, 3.05) is 0 Å². The normalized spacial score (nSPS) is 19.6. The second-order valence-electron chi connectivity index (χ2n) is 5.11. The minimum atomic E-state index is 0.242. The van der Waals surface area contributed by atoms with Crippen molar-refractivity contribution in [2.24, 2.45) is 11.7 Å². The van der Waals surface area contributed by atoms with Gasteiger partial charge in [0.2, 0.25) is 0 Å². The molecule has 1 saturated carbocycles. The van der Waals surface area contributed by atoms with Crippen molar-refractivity contribution in [3.05, 3.63) is 35.2 Å². The quantitative estimate of drug-likeness (QED) is 0.829. The summed E-state index contributed by atoms with van der Waals surface area (Å²) in [7, 11) is 0. The molecular formula is C15H19NS. The lowest BCUT2D eigenvalue weighted by Crippen LogP contribution is -2.23. The molecule has 1 aromatic carbocycles. The van der Waals surface area contributed by atoms with Gasteiger partial charge in [-0.05, 0) is 41.2 Å². The molecule has 0 saturated heterocycles. The molecule has 0 unspecified atom stereocenters. The van der Waals surface area contributed by atoms with Gasteiger partial charge in [-0.25, -0.2) is 0 Å². The maximum atomic E-state index is 6.49. The highest BCUT2D eigenvalue weighted by atomic mass is 32.1. The number of rotatable bonds is 2. The summed E-state index contributed by atoms with van der Waals surface area (Å²) >= 11 is 1.83. The van der Waals surface area contributed by atoms with E-state index < -0.39 is 0 Å². The zero-order valence-electron chi connectivity index (χ0n) is 10.1. The molecule has 0 spiro atoms. The molecule has 2 heteroatoms. The third-order valence-corrected chi connectivity index (χ3v) is 5.01. The van der Waals surface area contributed by atoms with Gasteiger partial charge < -0.3 is 5.73 Å². The average Bonchev–Trinajstić information content (AvgIpc) is 2.83. The van der Waals surface area contributed by atoms with Crippen molar-refractivity contribution in [3.8, 4) is 0 Å². The van der Waals surface area contributed by atoms with Crippen LogP contribution in [0.4, 0.5) is 0 Å². The molecule has 1 aliphatic carbocycles. The molecule has 1 nitrogen and oxygen atoms in total. The van der Waals surface area contributed by atoms with Crippen LogP contribution in [0.1, 0.15) is 43.7 Å². The highest BCUT2D eigenvalue weighted by molar-refractivity contribution is 7.17. The average molecular weight is 245 g/mol. The molecule has 1 fully saturated rings. The molecule has 17 heavy (non-hydrogen) atoms. The molecule has 0 amide bonds. The highest BCUT2D eigenvalue weighted by Gasteiger charge is 2.23. The maximum Gasteiger partial charge on any atom is 0.0346 e. The van der Waals surface area contributed by atoms with Crippen LogP contribution in [0.15, 0.2) is 29.6 Å². The zero-order chi connectivity index (χ0) is 11.7. The fourth-order valence-electron chi connectivity index (χ4n) is 3.00.